The van der Waals surface area contributed by atoms with Crippen molar-refractivity contribution < 1.29 is 0 Å². The van der Waals surface area contributed by atoms with Gasteiger partial charge in [-0.1, -0.05) is 181 Å². The van der Waals surface area contributed by atoms with Gasteiger partial charge in [0.1, 0.15) is 0 Å². The molecule has 0 spiro atoms. The lowest BCUT2D eigenvalue weighted by atomic mass is 9.91. The van der Waals surface area contributed by atoms with E-state index in [-0.39, 0.29) is 0 Å². The molecule has 0 aliphatic rings. The van der Waals surface area contributed by atoms with Gasteiger partial charge in [0, 0.05) is 27.7 Å². The van der Waals surface area contributed by atoms with Crippen molar-refractivity contribution in [2.75, 3.05) is 4.90 Å². The summed E-state index contributed by atoms with van der Waals surface area (Å²) in [5.74, 6) is 0. The number of nitrogens with zero attached hydrogens (tertiary/aromatic N) is 2. The van der Waals surface area contributed by atoms with E-state index in [0.717, 1.165) is 28.3 Å². The molecule has 0 fully saturated rings. The highest BCUT2D eigenvalue weighted by molar-refractivity contribution is 6.17. The molecule has 2 heteroatoms. The molecule has 0 saturated heterocycles. The summed E-state index contributed by atoms with van der Waals surface area (Å²) in [6.45, 7) is 4.35. The Kier molecular flexibility index (Phi) is 9.01. The fraction of sp³-hybridized carbons (Fsp3) is 0.0357. The molecule has 1 heterocycles. The van der Waals surface area contributed by atoms with Crippen LogP contribution in [0.15, 0.2) is 218 Å². The molecule has 0 aliphatic heterocycles. The molecule has 2 nitrogen and oxygen atoms in total. The van der Waals surface area contributed by atoms with Gasteiger partial charge < -0.3 is 9.47 Å². The lowest BCUT2D eigenvalue weighted by Crippen LogP contribution is -2.10. The number of fused-ring (bicyclic) bond motifs is 3. The Morgan fingerprint density at radius 1 is 0.362 bits per heavy atom. The predicted molar refractivity (Wildman–Crippen MR) is 247 cm³/mol. The highest BCUT2D eigenvalue weighted by Crippen LogP contribution is 2.46. The maximum absolute atomic E-state index is 2.49. The van der Waals surface area contributed by atoms with Crippen molar-refractivity contribution in [2.45, 2.75) is 13.8 Å². The fourth-order valence-electron chi connectivity index (χ4n) is 8.62. The topological polar surface area (TPSA) is 8.17 Å². The third kappa shape index (κ3) is 6.35. The molecule has 0 aliphatic carbocycles. The van der Waals surface area contributed by atoms with E-state index in [1.165, 1.54) is 71.9 Å². The molecule has 10 rings (SSSR count). The number of hydrogen-bond donors (Lipinski definition) is 0. The van der Waals surface area contributed by atoms with Gasteiger partial charge in [-0.2, -0.15) is 0 Å². The zero-order valence-corrected chi connectivity index (χ0v) is 32.7. The Labute approximate surface area is 340 Å². The van der Waals surface area contributed by atoms with Gasteiger partial charge in [0.05, 0.1) is 22.4 Å². The predicted octanol–water partition coefficient (Wildman–Crippen LogP) is 15.5. The van der Waals surface area contributed by atoms with Gasteiger partial charge >= 0.3 is 0 Å². The summed E-state index contributed by atoms with van der Waals surface area (Å²) in [7, 11) is 0. The molecule has 0 N–H and O–H groups in total. The van der Waals surface area contributed by atoms with E-state index in [2.05, 4.69) is 242 Å². The SMILES string of the molecule is Cc1cccc(-c2cccc(-n3c4ccccc4c4c(N(c5ccc(-c6ccccc6)cc5)c5ccc(-c6ccccc6)cc5)cccc43)c2-c2cccc(C)c2)c1. The molecule has 276 valence electrons. The van der Waals surface area contributed by atoms with Gasteiger partial charge in [0.25, 0.3) is 0 Å². The Hall–Kier alpha value is -7.42. The highest BCUT2D eigenvalue weighted by Gasteiger charge is 2.23. The van der Waals surface area contributed by atoms with Crippen molar-refractivity contribution in [3.8, 4) is 50.2 Å². The van der Waals surface area contributed by atoms with Gasteiger partial charge in [-0.25, -0.2) is 0 Å². The lowest BCUT2D eigenvalue weighted by molar-refractivity contribution is 1.18. The largest absolute Gasteiger partial charge is 0.310 e. The number of para-hydroxylation sites is 1. The van der Waals surface area contributed by atoms with Crippen LogP contribution in [-0.2, 0) is 0 Å². The first-order chi connectivity index (χ1) is 28.6. The van der Waals surface area contributed by atoms with E-state index in [1.54, 1.807) is 0 Å². The quantitative estimate of drug-likeness (QED) is 0.150. The summed E-state index contributed by atoms with van der Waals surface area (Å²) in [5.41, 5.74) is 18.9. The number of rotatable bonds is 8. The first-order valence-electron chi connectivity index (χ1n) is 20.0. The summed E-state index contributed by atoms with van der Waals surface area (Å²) in [6.07, 6.45) is 0. The summed E-state index contributed by atoms with van der Waals surface area (Å²) < 4.78 is 2.49. The first kappa shape index (κ1) is 35.0. The average molecular weight is 743 g/mol. The third-order valence-electron chi connectivity index (χ3n) is 11.3. The fourth-order valence-corrected chi connectivity index (χ4v) is 8.62. The minimum Gasteiger partial charge on any atom is -0.310 e. The van der Waals surface area contributed by atoms with E-state index in [1.807, 2.05) is 0 Å². The standard InChI is InChI=1S/C56H42N2/c1-39-15-11-21-45(37-39)49-24-13-26-52(55(49)46-22-12-16-40(2)38-46)58-51-25-10-9-23-50(51)56-53(27-14-28-54(56)58)57(47-33-29-43(30-34-47)41-17-5-3-6-18-41)48-35-31-44(32-36-48)42-19-7-4-8-20-42/h3-38H,1-2H3. The zero-order chi connectivity index (χ0) is 39.0. The van der Waals surface area contributed by atoms with Crippen LogP contribution < -0.4 is 4.90 Å². The molecule has 0 atom stereocenters. The van der Waals surface area contributed by atoms with E-state index in [4.69, 9.17) is 0 Å². The van der Waals surface area contributed by atoms with Crippen LogP contribution in [0.2, 0.25) is 0 Å². The van der Waals surface area contributed by atoms with Crippen LogP contribution in [0.3, 0.4) is 0 Å². The van der Waals surface area contributed by atoms with Gasteiger partial charge in [-0.05, 0) is 101 Å². The number of benzene rings is 9. The Balaban J connectivity index is 1.23. The molecular formula is C56H42N2. The van der Waals surface area contributed by atoms with Crippen molar-refractivity contribution in [1.29, 1.82) is 0 Å². The monoisotopic (exact) mass is 742 g/mol. The summed E-state index contributed by atoms with van der Waals surface area (Å²) in [6, 6.07) is 79.4. The van der Waals surface area contributed by atoms with Crippen molar-refractivity contribution in [2.24, 2.45) is 0 Å². The second kappa shape index (κ2) is 14.9. The number of anilines is 3. The molecule has 0 saturated carbocycles. The van der Waals surface area contributed by atoms with E-state index >= 15 is 0 Å². The summed E-state index contributed by atoms with van der Waals surface area (Å²) in [4.78, 5) is 2.42. The molecule has 9 aromatic carbocycles. The second-order valence-electron chi connectivity index (χ2n) is 15.1. The van der Waals surface area contributed by atoms with Crippen molar-refractivity contribution in [1.82, 2.24) is 4.57 Å². The normalized spacial score (nSPS) is 11.3. The van der Waals surface area contributed by atoms with Gasteiger partial charge in [-0.15, -0.1) is 0 Å². The molecule has 10 aromatic rings. The van der Waals surface area contributed by atoms with Crippen LogP contribution in [0.4, 0.5) is 17.1 Å². The van der Waals surface area contributed by atoms with E-state index < -0.39 is 0 Å². The maximum Gasteiger partial charge on any atom is 0.0562 e. The van der Waals surface area contributed by atoms with Crippen LogP contribution in [0.25, 0.3) is 72.0 Å². The number of hydrogen-bond acceptors (Lipinski definition) is 1. The molecule has 0 radical (unpaired) electrons. The van der Waals surface area contributed by atoms with Crippen molar-refractivity contribution in [3.63, 3.8) is 0 Å². The van der Waals surface area contributed by atoms with Crippen LogP contribution in [0.1, 0.15) is 11.1 Å². The van der Waals surface area contributed by atoms with Crippen molar-refractivity contribution >= 4 is 38.9 Å². The third-order valence-corrected chi connectivity index (χ3v) is 11.3. The number of aryl methyl sites for hydroxylation is 2. The van der Waals surface area contributed by atoms with Gasteiger partial charge in [0.2, 0.25) is 0 Å². The lowest BCUT2D eigenvalue weighted by Gasteiger charge is -2.27. The average Bonchev–Trinajstić information content (AvgIpc) is 3.62. The number of aromatic nitrogens is 1. The Morgan fingerprint density at radius 2 is 0.845 bits per heavy atom. The van der Waals surface area contributed by atoms with Gasteiger partial charge in [-0.3, -0.25) is 0 Å². The minimum atomic E-state index is 1.10. The maximum atomic E-state index is 2.49. The molecule has 0 unspecified atom stereocenters. The first-order valence-corrected chi connectivity index (χ1v) is 20.0. The molecule has 0 bridgehead atoms. The Morgan fingerprint density at radius 3 is 1.47 bits per heavy atom. The van der Waals surface area contributed by atoms with Crippen LogP contribution in [0.5, 0.6) is 0 Å². The van der Waals surface area contributed by atoms with Crippen LogP contribution in [0, 0.1) is 13.8 Å². The molecule has 1 aromatic heterocycles. The summed E-state index contributed by atoms with van der Waals surface area (Å²) >= 11 is 0. The van der Waals surface area contributed by atoms with Gasteiger partial charge in [0.15, 0.2) is 0 Å². The van der Waals surface area contributed by atoms with Crippen LogP contribution in [-0.4, -0.2) is 4.57 Å². The van der Waals surface area contributed by atoms with E-state index in [9.17, 15) is 0 Å². The van der Waals surface area contributed by atoms with Crippen LogP contribution >= 0.6 is 0 Å². The smallest absolute Gasteiger partial charge is 0.0562 e. The molecule has 0 amide bonds. The minimum absolute atomic E-state index is 1.10. The molecule has 58 heavy (non-hydrogen) atoms. The zero-order valence-electron chi connectivity index (χ0n) is 32.7. The second-order valence-corrected chi connectivity index (χ2v) is 15.1. The van der Waals surface area contributed by atoms with Crippen molar-refractivity contribution in [3.05, 3.63) is 230 Å². The highest BCUT2D eigenvalue weighted by atomic mass is 15.1. The summed E-state index contributed by atoms with van der Waals surface area (Å²) in [5, 5.41) is 2.41. The Bertz CT molecular complexity index is 2970. The molecular weight excluding hydrogens is 701 g/mol. The van der Waals surface area contributed by atoms with E-state index in [0.29, 0.717) is 0 Å².